The van der Waals surface area contributed by atoms with Crippen molar-refractivity contribution in [1.82, 2.24) is 4.90 Å². The summed E-state index contributed by atoms with van der Waals surface area (Å²) in [6.45, 7) is 4.23. The second kappa shape index (κ2) is 5.16. The smallest absolute Gasteiger partial charge is 0.336 e. The zero-order valence-electron chi connectivity index (χ0n) is 11.7. The van der Waals surface area contributed by atoms with E-state index >= 15 is 0 Å². The topological polar surface area (TPSA) is 60.8 Å². The average molecular weight is 326 g/mol. The molecular formula is C15H16ClNO3S. The number of hydrogen-bond acceptors (Lipinski definition) is 4. The third-order valence-corrected chi connectivity index (χ3v) is 5.30. The van der Waals surface area contributed by atoms with Crippen LogP contribution in [0.25, 0.3) is 5.70 Å². The van der Waals surface area contributed by atoms with Crippen molar-refractivity contribution in [3.8, 4) is 0 Å². The molecule has 21 heavy (non-hydrogen) atoms. The molecule has 0 amide bonds. The lowest BCUT2D eigenvalue weighted by molar-refractivity contribution is -0.133. The molecule has 4 nitrogen and oxygen atoms in total. The van der Waals surface area contributed by atoms with Crippen molar-refractivity contribution >= 4 is 34.6 Å². The molecule has 0 saturated heterocycles. The van der Waals surface area contributed by atoms with E-state index in [9.17, 15) is 15.0 Å². The van der Waals surface area contributed by atoms with E-state index < -0.39 is 12.1 Å². The Bertz CT molecular complexity index is 662. The Morgan fingerprint density at radius 1 is 1.52 bits per heavy atom. The van der Waals surface area contributed by atoms with Crippen LogP contribution in [0.3, 0.4) is 0 Å². The monoisotopic (exact) mass is 325 g/mol. The summed E-state index contributed by atoms with van der Waals surface area (Å²) in [5.41, 5.74) is 1.87. The van der Waals surface area contributed by atoms with Gasteiger partial charge in [-0.25, -0.2) is 4.79 Å². The first kappa shape index (κ1) is 14.6. The molecule has 1 aromatic heterocycles. The maximum atomic E-state index is 11.3. The van der Waals surface area contributed by atoms with Gasteiger partial charge in [0.05, 0.1) is 9.91 Å². The fraction of sp³-hybridized carbons (Fsp3) is 0.400. The highest BCUT2D eigenvalue weighted by atomic mass is 35.5. The number of hydrogen-bond donors (Lipinski definition) is 2. The molecule has 3 rings (SSSR count). The molecule has 2 unspecified atom stereocenters. The summed E-state index contributed by atoms with van der Waals surface area (Å²) in [6.07, 6.45) is 2.92. The molecule has 0 spiro atoms. The second-order valence-corrected chi connectivity index (χ2v) is 7.46. The van der Waals surface area contributed by atoms with E-state index in [4.69, 9.17) is 11.6 Å². The number of carboxylic acids is 1. The predicted molar refractivity (Wildman–Crippen MR) is 83.2 cm³/mol. The van der Waals surface area contributed by atoms with Crippen LogP contribution < -0.4 is 0 Å². The number of nitrogens with zero attached hydrogens (tertiary/aromatic N) is 1. The maximum Gasteiger partial charge on any atom is 0.336 e. The first-order chi connectivity index (χ1) is 9.88. The summed E-state index contributed by atoms with van der Waals surface area (Å²) in [6, 6.07) is 2.06. The minimum absolute atomic E-state index is 0.00850. The number of thiophene rings is 1. The molecule has 6 heteroatoms. The largest absolute Gasteiger partial charge is 0.478 e. The van der Waals surface area contributed by atoms with Crippen molar-refractivity contribution in [2.24, 2.45) is 5.92 Å². The quantitative estimate of drug-likeness (QED) is 0.877. The normalized spacial score (nSPS) is 24.3. The van der Waals surface area contributed by atoms with E-state index in [1.807, 2.05) is 11.0 Å². The van der Waals surface area contributed by atoms with Crippen molar-refractivity contribution in [1.29, 1.82) is 0 Å². The number of rotatable bonds is 2. The van der Waals surface area contributed by atoms with Crippen LogP contribution in [0.1, 0.15) is 24.3 Å². The molecule has 3 heterocycles. The highest BCUT2D eigenvalue weighted by molar-refractivity contribution is 7.16. The van der Waals surface area contributed by atoms with Crippen molar-refractivity contribution in [2.75, 3.05) is 0 Å². The molecule has 0 saturated carbocycles. The predicted octanol–water partition coefficient (Wildman–Crippen LogP) is 2.97. The lowest BCUT2D eigenvalue weighted by atomic mass is 9.88. The van der Waals surface area contributed by atoms with Crippen LogP contribution in [0.4, 0.5) is 0 Å². The summed E-state index contributed by atoms with van der Waals surface area (Å²) in [5.74, 6) is -0.738. The van der Waals surface area contributed by atoms with Crippen LogP contribution in [-0.4, -0.2) is 33.2 Å². The summed E-state index contributed by atoms with van der Waals surface area (Å²) < 4.78 is 0.716. The Morgan fingerprint density at radius 2 is 2.24 bits per heavy atom. The van der Waals surface area contributed by atoms with Gasteiger partial charge in [0, 0.05) is 34.8 Å². The number of halogens is 1. The van der Waals surface area contributed by atoms with Gasteiger partial charge in [-0.15, -0.1) is 11.3 Å². The van der Waals surface area contributed by atoms with Gasteiger partial charge in [-0.3, -0.25) is 0 Å². The number of aliphatic hydroxyl groups excluding tert-OH is 1. The highest BCUT2D eigenvalue weighted by Crippen LogP contribution is 2.43. The molecule has 0 aliphatic carbocycles. The third kappa shape index (κ3) is 2.39. The van der Waals surface area contributed by atoms with E-state index in [2.05, 4.69) is 13.8 Å². The minimum Gasteiger partial charge on any atom is -0.478 e. The Labute approximate surface area is 132 Å². The molecule has 1 aromatic rings. The molecule has 0 radical (unpaired) electrons. The Morgan fingerprint density at radius 3 is 2.86 bits per heavy atom. The fourth-order valence-corrected chi connectivity index (χ4v) is 4.24. The van der Waals surface area contributed by atoms with Crippen LogP contribution in [0, 0.1) is 5.92 Å². The number of carboxylic acid groups (broad SMARTS) is 1. The first-order valence-corrected chi connectivity index (χ1v) is 7.99. The average Bonchev–Trinajstić information content (AvgIpc) is 2.77. The van der Waals surface area contributed by atoms with Crippen LogP contribution >= 0.6 is 22.9 Å². The van der Waals surface area contributed by atoms with Crippen LogP contribution in [0.5, 0.6) is 0 Å². The molecule has 2 aliphatic heterocycles. The molecule has 0 fully saturated rings. The first-order valence-electron chi connectivity index (χ1n) is 6.80. The SMILES string of the molecule is CC(C)C1Cc2sc(Cl)cc2C2=CC(O)C(C(=O)O)=CN21. The van der Waals surface area contributed by atoms with E-state index in [0.29, 0.717) is 10.3 Å². The highest BCUT2D eigenvalue weighted by Gasteiger charge is 2.36. The molecule has 0 aromatic carbocycles. The van der Waals surface area contributed by atoms with Gasteiger partial charge in [0.25, 0.3) is 0 Å². The van der Waals surface area contributed by atoms with Crippen LogP contribution in [-0.2, 0) is 11.2 Å². The van der Waals surface area contributed by atoms with Gasteiger partial charge >= 0.3 is 5.97 Å². The lowest BCUT2D eigenvalue weighted by Gasteiger charge is -2.41. The number of fused-ring (bicyclic) bond motifs is 3. The maximum absolute atomic E-state index is 11.3. The van der Waals surface area contributed by atoms with Crippen LogP contribution in [0.15, 0.2) is 23.9 Å². The summed E-state index contributed by atoms with van der Waals surface area (Å²) in [4.78, 5) is 14.4. The van der Waals surface area contributed by atoms with E-state index in [0.717, 1.165) is 17.7 Å². The number of aliphatic hydroxyl groups is 1. The van der Waals surface area contributed by atoms with E-state index in [1.54, 1.807) is 23.6 Å². The van der Waals surface area contributed by atoms with E-state index in [-0.39, 0.29) is 11.6 Å². The summed E-state index contributed by atoms with van der Waals surface area (Å²) >= 11 is 7.68. The van der Waals surface area contributed by atoms with Gasteiger partial charge in [0.2, 0.25) is 0 Å². The Kier molecular flexibility index (Phi) is 3.59. The molecule has 2 N–H and O–H groups in total. The van der Waals surface area contributed by atoms with Gasteiger partial charge in [0.15, 0.2) is 0 Å². The molecule has 112 valence electrons. The summed E-state index contributed by atoms with van der Waals surface area (Å²) in [7, 11) is 0. The van der Waals surface area contributed by atoms with E-state index in [1.165, 1.54) is 4.88 Å². The zero-order valence-corrected chi connectivity index (χ0v) is 13.3. The number of aliphatic carboxylic acids is 1. The van der Waals surface area contributed by atoms with Gasteiger partial charge in [-0.2, -0.15) is 0 Å². The van der Waals surface area contributed by atoms with Crippen molar-refractivity contribution in [3.05, 3.63) is 38.7 Å². The molecule has 2 atom stereocenters. The summed E-state index contributed by atoms with van der Waals surface area (Å²) in [5, 5.41) is 19.3. The second-order valence-electron chi connectivity index (χ2n) is 5.70. The van der Waals surface area contributed by atoms with Gasteiger partial charge in [-0.1, -0.05) is 25.4 Å². The van der Waals surface area contributed by atoms with Gasteiger partial charge in [0.1, 0.15) is 6.10 Å². The zero-order chi connectivity index (χ0) is 15.3. The minimum atomic E-state index is -1.09. The van der Waals surface area contributed by atoms with Crippen molar-refractivity contribution < 1.29 is 15.0 Å². The number of carbonyl (C=O) groups is 1. The van der Waals surface area contributed by atoms with Crippen molar-refractivity contribution in [3.63, 3.8) is 0 Å². The molecule has 0 bridgehead atoms. The van der Waals surface area contributed by atoms with Crippen molar-refractivity contribution in [2.45, 2.75) is 32.4 Å². The van der Waals surface area contributed by atoms with Gasteiger partial charge in [-0.05, 0) is 18.1 Å². The van der Waals surface area contributed by atoms with Crippen LogP contribution in [0.2, 0.25) is 4.34 Å². The fourth-order valence-electron chi connectivity index (χ4n) is 2.92. The Balaban J connectivity index is 2.13. The third-order valence-electron chi connectivity index (χ3n) is 4.01. The van der Waals surface area contributed by atoms with Gasteiger partial charge < -0.3 is 15.1 Å². The Hall–Kier alpha value is -1.30. The lowest BCUT2D eigenvalue weighted by Crippen LogP contribution is -2.42. The molecular weight excluding hydrogens is 310 g/mol. The standard InChI is InChI=1S/C15H16ClNO3S/c1-7(2)10-5-13-8(3-14(16)21-13)11-4-12(18)9(15(19)20)6-17(10)11/h3-4,6-7,10,12,18H,5H2,1-2H3,(H,19,20). The molecule has 2 aliphatic rings.